The number of halogens is 2. The van der Waals surface area contributed by atoms with Gasteiger partial charge in [0.25, 0.3) is 0 Å². The van der Waals surface area contributed by atoms with Crippen LogP contribution in [0.3, 0.4) is 0 Å². The van der Waals surface area contributed by atoms with Gasteiger partial charge in [-0.3, -0.25) is 0 Å². The number of anilines is 1. The number of carbonyl (C=O) groups excluding carboxylic acids is 1. The zero-order valence-corrected chi connectivity index (χ0v) is 21.0. The molecule has 2 aromatic carbocycles. The molecule has 4 rings (SSSR count). The zero-order chi connectivity index (χ0) is 24.6. The van der Waals surface area contributed by atoms with Gasteiger partial charge in [-0.15, -0.1) is 0 Å². The van der Waals surface area contributed by atoms with E-state index >= 15 is 0 Å². The second-order valence-corrected chi connectivity index (χ2v) is 9.86. The number of aromatic nitrogens is 1. The predicted octanol–water partition coefficient (Wildman–Crippen LogP) is 6.12. The Hall–Kier alpha value is -2.80. The molecule has 1 aliphatic rings. The molecule has 0 saturated heterocycles. The minimum absolute atomic E-state index is 0.131. The SMILES string of the molecule is O=C(NCC(CCNC1CCCC1)c1ccc(-c2ccc[n+]([O-])c2)cc1)Nc1cc(Cl)cc(Cl)c1. The number of hydrogen-bond acceptors (Lipinski definition) is 3. The molecule has 1 saturated carbocycles. The van der Waals surface area contributed by atoms with Crippen molar-refractivity contribution in [3.8, 4) is 11.1 Å². The summed E-state index contributed by atoms with van der Waals surface area (Å²) in [6, 6.07) is 17.1. The van der Waals surface area contributed by atoms with Crippen LogP contribution < -0.4 is 20.7 Å². The average Bonchev–Trinajstić information content (AvgIpc) is 3.34. The summed E-state index contributed by atoms with van der Waals surface area (Å²) >= 11 is 12.1. The summed E-state index contributed by atoms with van der Waals surface area (Å²) < 4.78 is 0.802. The highest BCUT2D eigenvalue weighted by Gasteiger charge is 2.17. The molecule has 35 heavy (non-hydrogen) atoms. The van der Waals surface area contributed by atoms with Crippen molar-refractivity contribution < 1.29 is 9.52 Å². The third kappa shape index (κ3) is 7.59. The summed E-state index contributed by atoms with van der Waals surface area (Å²) in [4.78, 5) is 12.6. The number of pyridine rings is 1. The van der Waals surface area contributed by atoms with E-state index in [1.165, 1.54) is 31.9 Å². The Bertz CT molecular complexity index is 1110. The number of urea groups is 1. The Morgan fingerprint density at radius 1 is 1.03 bits per heavy atom. The van der Waals surface area contributed by atoms with E-state index in [-0.39, 0.29) is 11.9 Å². The van der Waals surface area contributed by atoms with Gasteiger partial charge >= 0.3 is 6.03 Å². The first-order chi connectivity index (χ1) is 17.0. The van der Waals surface area contributed by atoms with Crippen molar-refractivity contribution in [2.24, 2.45) is 0 Å². The van der Waals surface area contributed by atoms with E-state index in [0.717, 1.165) is 34.4 Å². The van der Waals surface area contributed by atoms with Crippen LogP contribution in [-0.2, 0) is 0 Å². The van der Waals surface area contributed by atoms with Crippen LogP contribution in [0.2, 0.25) is 10.0 Å². The summed E-state index contributed by atoms with van der Waals surface area (Å²) in [6.07, 6.45) is 8.98. The van der Waals surface area contributed by atoms with E-state index in [2.05, 4.69) is 28.1 Å². The van der Waals surface area contributed by atoms with Crippen LogP contribution in [0.5, 0.6) is 0 Å². The van der Waals surface area contributed by atoms with Gasteiger partial charge < -0.3 is 21.2 Å². The molecule has 0 radical (unpaired) electrons. The molecule has 2 amide bonds. The van der Waals surface area contributed by atoms with Crippen molar-refractivity contribution in [3.63, 3.8) is 0 Å². The van der Waals surface area contributed by atoms with Crippen molar-refractivity contribution in [1.82, 2.24) is 10.6 Å². The monoisotopic (exact) mass is 512 g/mol. The van der Waals surface area contributed by atoms with Crippen LogP contribution in [0.1, 0.15) is 43.6 Å². The third-order valence-electron chi connectivity index (χ3n) is 6.40. The number of carbonyl (C=O) groups is 1. The van der Waals surface area contributed by atoms with Crippen molar-refractivity contribution in [2.75, 3.05) is 18.4 Å². The molecule has 1 aliphatic carbocycles. The summed E-state index contributed by atoms with van der Waals surface area (Å²) in [5.41, 5.74) is 3.53. The first kappa shape index (κ1) is 25.3. The van der Waals surface area contributed by atoms with E-state index < -0.39 is 0 Å². The fourth-order valence-corrected chi connectivity index (χ4v) is 5.09. The van der Waals surface area contributed by atoms with Gasteiger partial charge in [0, 0.05) is 45.9 Å². The van der Waals surface area contributed by atoms with Crippen LogP contribution in [0.15, 0.2) is 67.0 Å². The molecular weight excluding hydrogens is 483 g/mol. The average molecular weight is 513 g/mol. The van der Waals surface area contributed by atoms with Gasteiger partial charge in [-0.2, -0.15) is 4.73 Å². The molecule has 3 N–H and O–H groups in total. The molecular formula is C27H30Cl2N4O2. The van der Waals surface area contributed by atoms with Crippen LogP contribution in [-0.4, -0.2) is 25.2 Å². The maximum Gasteiger partial charge on any atom is 0.319 e. The molecule has 6 nitrogen and oxygen atoms in total. The molecule has 0 spiro atoms. The highest BCUT2D eigenvalue weighted by atomic mass is 35.5. The second kappa shape index (κ2) is 12.2. The fraction of sp³-hybridized carbons (Fsp3) is 0.333. The summed E-state index contributed by atoms with van der Waals surface area (Å²) in [7, 11) is 0. The number of benzene rings is 2. The lowest BCUT2D eigenvalue weighted by molar-refractivity contribution is -0.604. The van der Waals surface area contributed by atoms with E-state index in [1.807, 2.05) is 18.2 Å². The van der Waals surface area contributed by atoms with Crippen LogP contribution >= 0.6 is 23.2 Å². The highest BCUT2D eigenvalue weighted by molar-refractivity contribution is 6.35. The van der Waals surface area contributed by atoms with Gasteiger partial charge in [0.15, 0.2) is 12.4 Å². The smallest absolute Gasteiger partial charge is 0.319 e. The van der Waals surface area contributed by atoms with Gasteiger partial charge in [-0.05, 0) is 61.2 Å². The molecule has 1 heterocycles. The maximum absolute atomic E-state index is 12.6. The topological polar surface area (TPSA) is 80.1 Å². The van der Waals surface area contributed by atoms with Gasteiger partial charge in [0.2, 0.25) is 0 Å². The van der Waals surface area contributed by atoms with E-state index in [1.54, 1.807) is 30.5 Å². The molecule has 0 aliphatic heterocycles. The van der Waals surface area contributed by atoms with Gasteiger partial charge in [-0.25, -0.2) is 4.79 Å². The first-order valence-electron chi connectivity index (χ1n) is 12.0. The van der Waals surface area contributed by atoms with Crippen molar-refractivity contribution in [2.45, 2.75) is 44.1 Å². The van der Waals surface area contributed by atoms with Crippen LogP contribution in [0.25, 0.3) is 11.1 Å². The molecule has 0 bridgehead atoms. The number of rotatable bonds is 9. The molecule has 1 aromatic heterocycles. The number of amides is 2. The van der Waals surface area contributed by atoms with Gasteiger partial charge in [-0.1, -0.05) is 60.3 Å². The summed E-state index contributed by atoms with van der Waals surface area (Å²) in [5, 5.41) is 22.0. The molecule has 1 atom stereocenters. The quantitative estimate of drug-likeness (QED) is 0.238. The van der Waals surface area contributed by atoms with E-state index in [9.17, 15) is 10.0 Å². The predicted molar refractivity (Wildman–Crippen MR) is 142 cm³/mol. The Morgan fingerprint density at radius 3 is 2.43 bits per heavy atom. The van der Waals surface area contributed by atoms with Crippen molar-refractivity contribution in [3.05, 3.63) is 87.8 Å². The summed E-state index contributed by atoms with van der Waals surface area (Å²) in [6.45, 7) is 1.37. The standard InChI is InChI=1S/C27H30Cl2N4O2/c28-23-14-24(29)16-26(15-23)32-27(34)31-17-21(11-12-30-25-5-1-2-6-25)19-7-9-20(10-8-19)22-4-3-13-33(35)18-22/h3-4,7-10,13-16,18,21,25,30H,1-2,5-6,11-12,17H2,(H2,31,32,34). The lowest BCUT2D eigenvalue weighted by Gasteiger charge is -2.21. The lowest BCUT2D eigenvalue weighted by Crippen LogP contribution is -2.34. The molecule has 8 heteroatoms. The minimum Gasteiger partial charge on any atom is -0.619 e. The maximum atomic E-state index is 12.6. The Morgan fingerprint density at radius 2 is 1.74 bits per heavy atom. The van der Waals surface area contributed by atoms with Gasteiger partial charge in [0.1, 0.15) is 0 Å². The molecule has 184 valence electrons. The van der Waals surface area contributed by atoms with E-state index in [0.29, 0.717) is 28.3 Å². The minimum atomic E-state index is -0.307. The molecule has 3 aromatic rings. The lowest BCUT2D eigenvalue weighted by atomic mass is 9.93. The van der Waals surface area contributed by atoms with Crippen LogP contribution in [0, 0.1) is 5.21 Å². The number of nitrogens with one attached hydrogen (secondary N) is 3. The van der Waals surface area contributed by atoms with E-state index in [4.69, 9.17) is 23.2 Å². The fourth-order valence-electron chi connectivity index (χ4n) is 4.57. The van der Waals surface area contributed by atoms with Crippen LogP contribution in [0.4, 0.5) is 10.5 Å². The first-order valence-corrected chi connectivity index (χ1v) is 12.8. The zero-order valence-electron chi connectivity index (χ0n) is 19.5. The Balaban J connectivity index is 1.41. The van der Waals surface area contributed by atoms with Crippen molar-refractivity contribution in [1.29, 1.82) is 0 Å². The molecule has 1 unspecified atom stereocenters. The number of hydrogen-bond donors (Lipinski definition) is 3. The molecule has 1 fully saturated rings. The highest BCUT2D eigenvalue weighted by Crippen LogP contribution is 2.25. The Labute approximate surface area is 216 Å². The van der Waals surface area contributed by atoms with Gasteiger partial charge in [0.05, 0.1) is 0 Å². The number of nitrogens with zero attached hydrogens (tertiary/aromatic N) is 1. The largest absolute Gasteiger partial charge is 0.619 e. The third-order valence-corrected chi connectivity index (χ3v) is 6.84. The summed E-state index contributed by atoms with van der Waals surface area (Å²) in [5.74, 6) is 0.131. The van der Waals surface area contributed by atoms with Crippen molar-refractivity contribution >= 4 is 34.9 Å². The second-order valence-electron chi connectivity index (χ2n) is 8.99. The normalized spacial score (nSPS) is 14.6. The Kier molecular flexibility index (Phi) is 8.85.